The highest BCUT2D eigenvalue weighted by atomic mass is 16.5. The Morgan fingerprint density at radius 2 is 1.48 bits per heavy atom. The Morgan fingerprint density at radius 3 is 2.07 bits per heavy atom. The number of nitrogens with two attached hydrogens (primary N) is 3. The summed E-state index contributed by atoms with van der Waals surface area (Å²) in [7, 11) is 1.41. The molecule has 0 spiro atoms. The third-order valence-corrected chi connectivity index (χ3v) is 11.5. The quantitative estimate of drug-likeness (QED) is 0.0667. The molecule has 18 nitrogen and oxygen atoms in total. The van der Waals surface area contributed by atoms with E-state index in [9.17, 15) is 29.2 Å². The van der Waals surface area contributed by atoms with E-state index in [-0.39, 0.29) is 63.6 Å². The molecule has 4 aromatic rings. The van der Waals surface area contributed by atoms with Crippen molar-refractivity contribution >= 4 is 35.1 Å². The maximum atomic E-state index is 14.7. The van der Waals surface area contributed by atoms with Gasteiger partial charge in [-0.1, -0.05) is 35.8 Å². The summed E-state index contributed by atoms with van der Waals surface area (Å²) in [4.78, 5) is 80.7. The highest BCUT2D eigenvalue weighted by Crippen LogP contribution is 2.40. The molecule has 1 aliphatic rings. The molecule has 0 fully saturated rings. The molecule has 0 aliphatic carbocycles. The van der Waals surface area contributed by atoms with Crippen LogP contribution >= 0.6 is 0 Å². The number of aromatic nitrogens is 2. The fourth-order valence-corrected chi connectivity index (χ4v) is 7.68. The summed E-state index contributed by atoms with van der Waals surface area (Å²) >= 11 is 0. The normalized spacial score (nSPS) is 15.9. The zero-order chi connectivity index (χ0) is 50.4. The van der Waals surface area contributed by atoms with Crippen molar-refractivity contribution in [2.45, 2.75) is 78.6 Å². The van der Waals surface area contributed by atoms with Crippen LogP contribution in [0.25, 0.3) is 16.7 Å². The SMILES string of the molecule is CC(C)=C(C)c1ccc(C#Cc2nc(C)c(C(=O)N[C@@H](CCN)C(=O)N(C)[C@@H]3C(=O)N[C@@H](C)C(=O)N[C@H](C(=O)NCC#N)Cc4ccc(OCCN)c(c4)-c4cc3ccc4OCCN)c(C)n2)cc1. The third kappa shape index (κ3) is 13.3. The van der Waals surface area contributed by atoms with Gasteiger partial charge in [0, 0.05) is 43.2 Å². The number of nitrogens with one attached hydrogen (secondary N) is 4. The van der Waals surface area contributed by atoms with Crippen molar-refractivity contribution in [1.82, 2.24) is 36.1 Å². The summed E-state index contributed by atoms with van der Waals surface area (Å²) in [5, 5.41) is 19.9. The number of amides is 5. The highest BCUT2D eigenvalue weighted by molar-refractivity contribution is 6.00. The highest BCUT2D eigenvalue weighted by Gasteiger charge is 2.36. The van der Waals surface area contributed by atoms with Gasteiger partial charge in [0.1, 0.15) is 55.4 Å². The first kappa shape index (κ1) is 52.3. The van der Waals surface area contributed by atoms with Gasteiger partial charge < -0.3 is 52.8 Å². The first-order chi connectivity index (χ1) is 33.0. The first-order valence-corrected chi connectivity index (χ1v) is 22.6. The van der Waals surface area contributed by atoms with Gasteiger partial charge in [0.05, 0.1) is 23.0 Å². The molecule has 1 aromatic heterocycles. The number of carbonyl (C=O) groups excluding carboxylic acids is 5. The van der Waals surface area contributed by atoms with E-state index in [4.69, 9.17) is 26.7 Å². The fraction of sp³-hybridized carbons (Fsp3) is 0.373. The van der Waals surface area contributed by atoms with Crippen LogP contribution in [0.3, 0.4) is 0 Å². The van der Waals surface area contributed by atoms with E-state index in [1.165, 1.54) is 30.0 Å². The minimum absolute atomic E-state index is 0.00388. The molecule has 362 valence electrons. The second-order valence-electron chi connectivity index (χ2n) is 16.7. The Morgan fingerprint density at radius 1 is 0.855 bits per heavy atom. The van der Waals surface area contributed by atoms with Crippen LogP contribution in [0.5, 0.6) is 11.5 Å². The van der Waals surface area contributed by atoms with Crippen LogP contribution in [-0.4, -0.2) is 109 Å². The number of benzene rings is 3. The molecule has 5 amide bonds. The fourth-order valence-electron chi connectivity index (χ4n) is 7.68. The maximum Gasteiger partial charge on any atom is 0.255 e. The van der Waals surface area contributed by atoms with Gasteiger partial charge in [-0.2, -0.15) is 5.26 Å². The van der Waals surface area contributed by atoms with E-state index >= 15 is 0 Å². The molecule has 4 bridgehead atoms. The number of aryl methyl sites for hydroxylation is 2. The molecule has 3 aromatic carbocycles. The molecule has 0 unspecified atom stereocenters. The van der Waals surface area contributed by atoms with Gasteiger partial charge in [0.2, 0.25) is 29.5 Å². The predicted octanol–water partition coefficient (Wildman–Crippen LogP) is 2.48. The molecule has 69 heavy (non-hydrogen) atoms. The number of nitrogens with zero attached hydrogens (tertiary/aromatic N) is 4. The van der Waals surface area contributed by atoms with Crippen molar-refractivity contribution in [1.29, 1.82) is 5.26 Å². The number of carbonyl (C=O) groups is 5. The van der Waals surface area contributed by atoms with Crippen LogP contribution in [0, 0.1) is 37.0 Å². The van der Waals surface area contributed by atoms with E-state index in [0.717, 1.165) is 11.1 Å². The van der Waals surface area contributed by atoms with Crippen LogP contribution in [-0.2, 0) is 25.6 Å². The molecule has 2 heterocycles. The van der Waals surface area contributed by atoms with Gasteiger partial charge in [-0.15, -0.1) is 0 Å². The van der Waals surface area contributed by atoms with Gasteiger partial charge in [0.25, 0.3) is 5.91 Å². The van der Waals surface area contributed by atoms with Crippen molar-refractivity contribution in [2.24, 2.45) is 17.2 Å². The minimum atomic E-state index is -1.42. The summed E-state index contributed by atoms with van der Waals surface area (Å²) in [6.07, 6.45) is -0.0202. The molecule has 0 saturated carbocycles. The van der Waals surface area contributed by atoms with E-state index in [1.807, 2.05) is 30.3 Å². The number of hydrogen-bond acceptors (Lipinski definition) is 13. The summed E-state index contributed by atoms with van der Waals surface area (Å²) in [6.45, 7) is 11.2. The molecule has 4 atom stereocenters. The van der Waals surface area contributed by atoms with Crippen molar-refractivity contribution in [3.63, 3.8) is 0 Å². The number of nitriles is 1. The molecule has 0 saturated heterocycles. The molecule has 10 N–H and O–H groups in total. The smallest absolute Gasteiger partial charge is 0.255 e. The minimum Gasteiger partial charge on any atom is -0.492 e. The lowest BCUT2D eigenvalue weighted by atomic mass is 9.93. The lowest BCUT2D eigenvalue weighted by Crippen LogP contribution is -2.56. The number of ether oxygens (including phenoxy) is 2. The predicted molar refractivity (Wildman–Crippen MR) is 261 cm³/mol. The average molecular weight is 940 g/mol. The van der Waals surface area contributed by atoms with Gasteiger partial charge in [-0.3, -0.25) is 24.0 Å². The molecule has 5 rings (SSSR count). The summed E-state index contributed by atoms with van der Waals surface area (Å²) in [5.74, 6) is 3.63. The van der Waals surface area contributed by atoms with Crippen LogP contribution in [0.15, 0.2) is 66.2 Å². The first-order valence-electron chi connectivity index (χ1n) is 22.6. The van der Waals surface area contributed by atoms with E-state index in [2.05, 4.69) is 63.8 Å². The summed E-state index contributed by atoms with van der Waals surface area (Å²) in [6, 6.07) is 14.8. The van der Waals surface area contributed by atoms with Crippen molar-refractivity contribution in [2.75, 3.05) is 46.4 Å². The van der Waals surface area contributed by atoms with Crippen molar-refractivity contribution < 1.29 is 33.4 Å². The van der Waals surface area contributed by atoms with Gasteiger partial charge in [0.15, 0.2) is 0 Å². The summed E-state index contributed by atoms with van der Waals surface area (Å²) in [5.41, 5.74) is 24.6. The Hall–Kier alpha value is -7.64. The van der Waals surface area contributed by atoms with Gasteiger partial charge in [-0.05, 0) is 119 Å². The molecule has 1 aliphatic heterocycles. The number of fused-ring (bicyclic) bond motifs is 5. The zero-order valence-electron chi connectivity index (χ0n) is 40.1. The topological polar surface area (TPSA) is 283 Å². The average Bonchev–Trinajstić information content (AvgIpc) is 3.32. The van der Waals surface area contributed by atoms with Crippen LogP contribution in [0.4, 0.5) is 0 Å². The Bertz CT molecular complexity index is 2680. The van der Waals surface area contributed by atoms with E-state index in [1.54, 1.807) is 50.2 Å². The van der Waals surface area contributed by atoms with Crippen molar-refractivity contribution in [3.05, 3.63) is 111 Å². The summed E-state index contributed by atoms with van der Waals surface area (Å²) < 4.78 is 12.2. The number of rotatable bonds is 15. The monoisotopic (exact) mass is 939 g/mol. The zero-order valence-corrected chi connectivity index (χ0v) is 40.1. The number of likely N-dealkylation sites (N-methyl/N-ethyl adjacent to an activating group) is 1. The lowest BCUT2D eigenvalue weighted by Gasteiger charge is -2.32. The molecular weight excluding hydrogens is 879 g/mol. The van der Waals surface area contributed by atoms with Gasteiger partial charge >= 0.3 is 0 Å². The van der Waals surface area contributed by atoms with Gasteiger partial charge in [-0.25, -0.2) is 9.97 Å². The largest absolute Gasteiger partial charge is 0.492 e. The van der Waals surface area contributed by atoms with E-state index < -0.39 is 53.7 Å². The molecule has 0 radical (unpaired) electrons. The molecule has 18 heteroatoms. The Kier molecular flexibility index (Phi) is 18.5. The number of hydrogen-bond donors (Lipinski definition) is 7. The second kappa shape index (κ2) is 24.4. The second-order valence-corrected chi connectivity index (χ2v) is 16.7. The Labute approximate surface area is 402 Å². The number of allylic oxidation sites excluding steroid dienone is 2. The maximum absolute atomic E-state index is 14.7. The lowest BCUT2D eigenvalue weighted by molar-refractivity contribution is -0.141. The standard InChI is InChI=1S/C51H61N11O7/c1-29(2)30(3)36-12-8-34(9-13-36)11-17-44-57-31(4)45(32(5)58-44)49(65)60-40(18-19-52)51(67)62(7)46-37-14-16-43(69-25-22-55)39(28-37)38-26-35(10-15-42(38)68-24-21-54)27-41(48(64)56-23-20-53)61-47(63)33(6)59-50(46)66/h8-10,12-16,26,28,33,40-41,46H,18-19,21-25,27,52,54-55H2,1-7H3,(H,56,64)(H,59,66)(H,60,65)(H,61,63)/t33-,40-,41-,46-/m0/s1. The van der Waals surface area contributed by atoms with Crippen molar-refractivity contribution in [3.8, 4) is 40.5 Å². The van der Waals surface area contributed by atoms with E-state index in [0.29, 0.717) is 45.1 Å². The molecular formula is C51H61N11O7. The van der Waals surface area contributed by atoms with Crippen LogP contribution in [0.2, 0.25) is 0 Å². The van der Waals surface area contributed by atoms with Crippen LogP contribution in [0.1, 0.15) is 90.0 Å². The Balaban J connectivity index is 1.53. The third-order valence-electron chi connectivity index (χ3n) is 11.5. The van der Waals surface area contributed by atoms with Crippen LogP contribution < -0.4 is 47.9 Å².